The van der Waals surface area contributed by atoms with Crippen molar-refractivity contribution in [3.8, 4) is 55.3 Å². The van der Waals surface area contributed by atoms with Crippen LogP contribution in [0.15, 0.2) is 182 Å². The van der Waals surface area contributed by atoms with Gasteiger partial charge in [-0.25, -0.2) is 9.97 Å². The summed E-state index contributed by atoms with van der Waals surface area (Å²) in [6.45, 7) is 0. The quantitative estimate of drug-likeness (QED) is 0.171. The first-order chi connectivity index (χ1) is 27.3. The summed E-state index contributed by atoms with van der Waals surface area (Å²) < 4.78 is 4.52. The summed E-state index contributed by atoms with van der Waals surface area (Å²) in [5.41, 5.74) is 10.5. The zero-order valence-corrected chi connectivity index (χ0v) is 30.2. The van der Waals surface area contributed by atoms with Crippen molar-refractivity contribution in [1.29, 1.82) is 0 Å². The second kappa shape index (κ2) is 12.7. The van der Waals surface area contributed by atoms with Crippen LogP contribution in [0.4, 0.5) is 0 Å². The monoisotopic (exact) mass is 722 g/mol. The van der Waals surface area contributed by atoms with E-state index in [2.05, 4.69) is 155 Å². The lowest BCUT2D eigenvalue weighted by Gasteiger charge is -2.09. The molecule has 0 atom stereocenters. The molecule has 6 aromatic carbocycles. The molecule has 0 saturated carbocycles. The van der Waals surface area contributed by atoms with Crippen LogP contribution in [0, 0.1) is 0 Å². The van der Waals surface area contributed by atoms with Crippen molar-refractivity contribution >= 4 is 54.9 Å². The Kier molecular flexibility index (Phi) is 7.25. The van der Waals surface area contributed by atoms with Gasteiger partial charge >= 0.3 is 0 Å². The van der Waals surface area contributed by atoms with Crippen LogP contribution >= 0.6 is 11.3 Å². The SMILES string of the molecule is c1ccc(-c2cccc(-n3c4ccccc4c4cc(-c5nnc(-c6cccc7c6c6ccccc6n7-c6cccc(-c7ccccc7)n6)s5)ccc43)n2)cc1. The third-order valence-electron chi connectivity index (χ3n) is 10.3. The third kappa shape index (κ3) is 5.16. The van der Waals surface area contributed by atoms with E-state index in [1.54, 1.807) is 11.3 Å². The fraction of sp³-hybridized carbons (Fsp3) is 0. The standard InChI is InChI=1S/C48H30N6S/c1-3-14-31(15-4-1)38-21-12-26-44(49-38)53-40-23-9-7-18-34(40)37-30-33(28-29-42(37)53)47-51-52-48(55-47)36-20-11-25-43-46(36)35-19-8-10-24-41(35)54(43)45-27-13-22-39(50-45)32-16-5-2-6-17-32/h1-30H. The normalized spacial score (nSPS) is 11.6. The highest BCUT2D eigenvalue weighted by atomic mass is 32.1. The second-order valence-corrected chi connectivity index (χ2v) is 14.5. The minimum absolute atomic E-state index is 0.871. The summed E-state index contributed by atoms with van der Waals surface area (Å²) >= 11 is 1.62. The zero-order chi connectivity index (χ0) is 36.3. The fourth-order valence-electron chi connectivity index (χ4n) is 7.88. The highest BCUT2D eigenvalue weighted by Crippen LogP contribution is 2.41. The van der Waals surface area contributed by atoms with Crippen molar-refractivity contribution in [2.45, 2.75) is 0 Å². The molecule has 0 fully saturated rings. The van der Waals surface area contributed by atoms with Gasteiger partial charge in [0.05, 0.1) is 33.5 Å². The number of hydrogen-bond donors (Lipinski definition) is 0. The van der Waals surface area contributed by atoms with E-state index >= 15 is 0 Å². The summed E-state index contributed by atoms with van der Waals surface area (Å²) in [5.74, 6) is 1.75. The van der Waals surface area contributed by atoms with Gasteiger partial charge in [-0.1, -0.05) is 133 Å². The molecule has 0 unspecified atom stereocenters. The van der Waals surface area contributed by atoms with Crippen LogP contribution in [-0.4, -0.2) is 29.3 Å². The topological polar surface area (TPSA) is 61.4 Å². The van der Waals surface area contributed by atoms with Crippen molar-refractivity contribution in [3.05, 3.63) is 182 Å². The lowest BCUT2D eigenvalue weighted by atomic mass is 10.1. The van der Waals surface area contributed by atoms with Crippen molar-refractivity contribution in [3.63, 3.8) is 0 Å². The van der Waals surface area contributed by atoms with Gasteiger partial charge in [0.2, 0.25) is 0 Å². The van der Waals surface area contributed by atoms with E-state index in [1.807, 2.05) is 36.4 Å². The molecular weight excluding hydrogens is 693 g/mol. The van der Waals surface area contributed by atoms with Crippen LogP contribution in [0.1, 0.15) is 0 Å². The van der Waals surface area contributed by atoms with Gasteiger partial charge in [0.15, 0.2) is 0 Å². The number of fused-ring (bicyclic) bond motifs is 6. The molecule has 5 heterocycles. The molecule has 0 radical (unpaired) electrons. The molecule has 258 valence electrons. The number of benzene rings is 6. The number of para-hydroxylation sites is 2. The number of hydrogen-bond acceptors (Lipinski definition) is 5. The average molecular weight is 723 g/mol. The van der Waals surface area contributed by atoms with Gasteiger partial charge in [0.1, 0.15) is 21.7 Å². The summed E-state index contributed by atoms with van der Waals surface area (Å²) in [4.78, 5) is 10.3. The van der Waals surface area contributed by atoms with Crippen LogP contribution in [0.3, 0.4) is 0 Å². The predicted octanol–water partition coefficient (Wildman–Crippen LogP) is 12.2. The molecule has 0 bridgehead atoms. The van der Waals surface area contributed by atoms with Gasteiger partial charge in [0.25, 0.3) is 0 Å². The highest BCUT2D eigenvalue weighted by Gasteiger charge is 2.20. The predicted molar refractivity (Wildman–Crippen MR) is 226 cm³/mol. The third-order valence-corrected chi connectivity index (χ3v) is 11.3. The van der Waals surface area contributed by atoms with E-state index in [9.17, 15) is 0 Å². The Balaban J connectivity index is 1.02. The Labute approximate surface area is 320 Å². The summed E-state index contributed by atoms with van der Waals surface area (Å²) in [7, 11) is 0. The van der Waals surface area contributed by atoms with Gasteiger partial charge in [-0.15, -0.1) is 10.2 Å². The first kappa shape index (κ1) is 31.3. The average Bonchev–Trinajstić information content (AvgIpc) is 3.98. The lowest BCUT2D eigenvalue weighted by Crippen LogP contribution is -1.98. The maximum Gasteiger partial charge on any atom is 0.148 e. The van der Waals surface area contributed by atoms with Crippen LogP contribution in [0.2, 0.25) is 0 Å². The summed E-state index contributed by atoms with van der Waals surface area (Å²) in [6.07, 6.45) is 0. The number of nitrogens with zero attached hydrogens (tertiary/aromatic N) is 6. The molecule has 7 heteroatoms. The van der Waals surface area contributed by atoms with E-state index in [0.29, 0.717) is 0 Å². The summed E-state index contributed by atoms with van der Waals surface area (Å²) in [6, 6.07) is 63.2. The number of pyridine rings is 2. The van der Waals surface area contributed by atoms with E-state index in [4.69, 9.17) is 20.2 Å². The Morgan fingerprint density at radius 1 is 0.364 bits per heavy atom. The first-order valence-electron chi connectivity index (χ1n) is 18.2. The molecule has 0 saturated heterocycles. The Bertz CT molecular complexity index is 3210. The van der Waals surface area contributed by atoms with E-state index < -0.39 is 0 Å². The molecule has 0 amide bonds. The Morgan fingerprint density at radius 3 is 1.58 bits per heavy atom. The van der Waals surface area contributed by atoms with E-state index in [-0.39, 0.29) is 0 Å². The molecule has 11 rings (SSSR count). The van der Waals surface area contributed by atoms with E-state index in [1.165, 1.54) is 5.39 Å². The van der Waals surface area contributed by atoms with Crippen molar-refractivity contribution in [1.82, 2.24) is 29.3 Å². The van der Waals surface area contributed by atoms with Gasteiger partial charge < -0.3 is 0 Å². The minimum Gasteiger partial charge on any atom is -0.294 e. The zero-order valence-electron chi connectivity index (χ0n) is 29.4. The fourth-order valence-corrected chi connectivity index (χ4v) is 8.75. The first-order valence-corrected chi connectivity index (χ1v) is 19.1. The van der Waals surface area contributed by atoms with Crippen LogP contribution in [0.5, 0.6) is 0 Å². The van der Waals surface area contributed by atoms with Crippen LogP contribution in [0.25, 0.3) is 98.9 Å². The molecule has 6 nitrogen and oxygen atoms in total. The highest BCUT2D eigenvalue weighted by molar-refractivity contribution is 7.18. The van der Waals surface area contributed by atoms with Crippen LogP contribution in [-0.2, 0) is 0 Å². The van der Waals surface area contributed by atoms with Gasteiger partial charge in [-0.05, 0) is 60.7 Å². The minimum atomic E-state index is 0.871. The second-order valence-electron chi connectivity index (χ2n) is 13.5. The molecule has 11 aromatic rings. The molecule has 0 aliphatic heterocycles. The van der Waals surface area contributed by atoms with Gasteiger partial charge in [0, 0.05) is 43.8 Å². The van der Waals surface area contributed by atoms with Gasteiger partial charge in [-0.2, -0.15) is 0 Å². The largest absolute Gasteiger partial charge is 0.294 e. The molecule has 0 aliphatic rings. The number of rotatable bonds is 6. The van der Waals surface area contributed by atoms with Crippen molar-refractivity contribution < 1.29 is 0 Å². The molecular formula is C48H30N6S. The molecule has 0 N–H and O–H groups in total. The molecule has 5 aromatic heterocycles. The Hall–Kier alpha value is -7.22. The number of aromatic nitrogens is 6. The molecule has 55 heavy (non-hydrogen) atoms. The van der Waals surface area contributed by atoms with Gasteiger partial charge in [-0.3, -0.25) is 9.13 Å². The van der Waals surface area contributed by atoms with E-state index in [0.717, 1.165) is 93.5 Å². The molecule has 0 aliphatic carbocycles. The smallest absolute Gasteiger partial charge is 0.148 e. The van der Waals surface area contributed by atoms with Crippen molar-refractivity contribution in [2.75, 3.05) is 0 Å². The maximum absolute atomic E-state index is 5.15. The summed E-state index contributed by atoms with van der Waals surface area (Å²) in [5, 5.41) is 15.9. The van der Waals surface area contributed by atoms with Crippen molar-refractivity contribution in [2.24, 2.45) is 0 Å². The van der Waals surface area contributed by atoms with Crippen LogP contribution < -0.4 is 0 Å². The molecule has 0 spiro atoms. The lowest BCUT2D eigenvalue weighted by molar-refractivity contribution is 1.08. The maximum atomic E-state index is 5.15. The Morgan fingerprint density at radius 2 is 0.891 bits per heavy atom.